The van der Waals surface area contributed by atoms with E-state index in [1.807, 2.05) is 25.1 Å². The molecule has 1 unspecified atom stereocenters. The van der Waals surface area contributed by atoms with Crippen molar-refractivity contribution in [1.29, 1.82) is 0 Å². The summed E-state index contributed by atoms with van der Waals surface area (Å²) >= 11 is 0. The van der Waals surface area contributed by atoms with Crippen molar-refractivity contribution in [1.82, 2.24) is 20.6 Å². The van der Waals surface area contributed by atoms with Crippen LogP contribution in [0.25, 0.3) is 6.08 Å². The molecule has 0 aliphatic carbocycles. The number of ether oxygens (including phenoxy) is 3. The second kappa shape index (κ2) is 10.0. The number of rotatable bonds is 9. The van der Waals surface area contributed by atoms with Crippen LogP contribution in [-0.4, -0.2) is 39.6 Å². The Kier molecular flexibility index (Phi) is 6.93. The van der Waals surface area contributed by atoms with Crippen molar-refractivity contribution in [2.75, 3.05) is 13.2 Å². The van der Waals surface area contributed by atoms with Crippen molar-refractivity contribution in [3.05, 3.63) is 65.0 Å². The average molecular weight is 464 g/mol. The van der Waals surface area contributed by atoms with E-state index in [0.717, 1.165) is 29.7 Å². The van der Waals surface area contributed by atoms with Gasteiger partial charge in [0.15, 0.2) is 17.3 Å². The summed E-state index contributed by atoms with van der Waals surface area (Å²) < 4.78 is 17.6. The van der Waals surface area contributed by atoms with Crippen LogP contribution >= 0.6 is 0 Å². The smallest absolute Gasteiger partial charge is 0.257 e. The minimum atomic E-state index is -1.46. The number of nitrogens with zero attached hydrogens (tertiary/aromatic N) is 3. The van der Waals surface area contributed by atoms with Crippen LogP contribution in [0, 0.1) is 12.8 Å². The monoisotopic (exact) mass is 463 g/mol. The van der Waals surface area contributed by atoms with E-state index in [2.05, 4.69) is 34.5 Å². The largest absolute Gasteiger partial charge is 0.494 e. The molecule has 1 atom stereocenters. The summed E-state index contributed by atoms with van der Waals surface area (Å²) in [6, 6.07) is 11.0. The fraction of sp³-hybridized carbons (Fsp3) is 0.360. The second-order valence-corrected chi connectivity index (χ2v) is 8.75. The number of hydrogen-bond donors (Lipinski definition) is 2. The van der Waals surface area contributed by atoms with Crippen LogP contribution in [0.2, 0.25) is 0 Å². The number of nitrogens with two attached hydrogens (primary N) is 1. The van der Waals surface area contributed by atoms with Gasteiger partial charge in [-0.1, -0.05) is 32.1 Å². The maximum atomic E-state index is 13.1. The number of tetrazole rings is 1. The first-order valence-electron chi connectivity index (χ1n) is 11.3. The van der Waals surface area contributed by atoms with E-state index in [-0.39, 0.29) is 24.0 Å². The van der Waals surface area contributed by atoms with Crippen LogP contribution in [0.1, 0.15) is 54.0 Å². The fourth-order valence-electron chi connectivity index (χ4n) is 3.64. The molecule has 3 N–H and O–H groups in total. The Morgan fingerprint density at radius 2 is 2.18 bits per heavy atom. The first-order valence-corrected chi connectivity index (χ1v) is 11.3. The quantitative estimate of drug-likeness (QED) is 0.279. The number of H-pyrrole nitrogens is 1. The number of hydrogen-bond acceptors (Lipinski definition) is 8. The lowest BCUT2D eigenvalue weighted by molar-refractivity contribution is -0.0154. The minimum Gasteiger partial charge on any atom is -0.494 e. The van der Waals surface area contributed by atoms with Gasteiger partial charge in [-0.15, -0.1) is 10.2 Å². The van der Waals surface area contributed by atoms with Gasteiger partial charge < -0.3 is 14.2 Å². The van der Waals surface area contributed by atoms with Crippen molar-refractivity contribution in [3.8, 4) is 17.2 Å². The van der Waals surface area contributed by atoms with Crippen molar-refractivity contribution in [2.45, 2.75) is 39.3 Å². The highest BCUT2D eigenvalue weighted by Crippen LogP contribution is 2.39. The molecule has 0 saturated carbocycles. The molecular formula is C25H29N5O4. The number of nitrogens with one attached hydrogen (secondary N) is 1. The molecule has 0 saturated heterocycles. The van der Waals surface area contributed by atoms with E-state index in [1.54, 1.807) is 24.3 Å². The predicted molar refractivity (Wildman–Crippen MR) is 127 cm³/mol. The molecule has 2 aromatic carbocycles. The molecule has 1 aliphatic heterocycles. The summed E-state index contributed by atoms with van der Waals surface area (Å²) in [5.74, 6) is 2.07. The Hall–Kier alpha value is -3.72. The number of carbonyl (C=O) groups is 1. The summed E-state index contributed by atoms with van der Waals surface area (Å²) in [6.45, 7) is 7.08. The number of ketones is 1. The van der Waals surface area contributed by atoms with Gasteiger partial charge in [-0.2, -0.15) is 5.21 Å². The lowest BCUT2D eigenvalue weighted by Crippen LogP contribution is -2.51. The Morgan fingerprint density at radius 3 is 2.91 bits per heavy atom. The molecular weight excluding hydrogens is 434 g/mol. The van der Waals surface area contributed by atoms with Crippen LogP contribution in [0.5, 0.6) is 17.2 Å². The lowest BCUT2D eigenvalue weighted by atomic mass is 10.0. The molecule has 0 fully saturated rings. The van der Waals surface area contributed by atoms with Gasteiger partial charge in [-0.3, -0.25) is 10.5 Å². The maximum absolute atomic E-state index is 13.1. The van der Waals surface area contributed by atoms with Crippen LogP contribution in [0.4, 0.5) is 0 Å². The molecule has 4 rings (SSSR count). The van der Waals surface area contributed by atoms with E-state index >= 15 is 0 Å². The summed E-state index contributed by atoms with van der Waals surface area (Å²) in [5, 5.41) is 13.7. The zero-order chi connectivity index (χ0) is 24.1. The highest BCUT2D eigenvalue weighted by Gasteiger charge is 2.41. The molecule has 3 aromatic rings. The van der Waals surface area contributed by atoms with E-state index < -0.39 is 5.72 Å². The number of aromatic nitrogens is 4. The van der Waals surface area contributed by atoms with Gasteiger partial charge in [0.1, 0.15) is 12.4 Å². The summed E-state index contributed by atoms with van der Waals surface area (Å²) in [4.78, 5) is 13.1. The summed E-state index contributed by atoms with van der Waals surface area (Å²) in [6.07, 6.45) is 5.45. The Bertz CT molecular complexity index is 1180. The zero-order valence-corrected chi connectivity index (χ0v) is 19.6. The maximum Gasteiger partial charge on any atom is 0.257 e. The highest BCUT2D eigenvalue weighted by atomic mass is 16.6. The molecule has 34 heavy (non-hydrogen) atoms. The first-order chi connectivity index (χ1) is 16.4. The van der Waals surface area contributed by atoms with Crippen molar-refractivity contribution in [2.24, 2.45) is 11.7 Å². The van der Waals surface area contributed by atoms with E-state index in [4.69, 9.17) is 19.9 Å². The Balaban J connectivity index is 1.47. The number of para-hydroxylation sites is 1. The molecule has 0 spiro atoms. The van der Waals surface area contributed by atoms with Gasteiger partial charge in [0.05, 0.1) is 12.2 Å². The standard InChI is InChI=1S/C25H29N5O4/c1-16(2)6-5-13-32-19-11-9-18(17(3)14-19)10-12-21(31)20-7-4-8-22-23(20)34-25(26,15-33-22)24-27-29-30-28-24/h4,7-12,14,16H,5-6,13,15,26H2,1-3H3,(H,27,28,29,30). The molecule has 9 nitrogen and oxygen atoms in total. The van der Waals surface area contributed by atoms with Crippen LogP contribution in [-0.2, 0) is 5.72 Å². The molecule has 9 heteroatoms. The van der Waals surface area contributed by atoms with Crippen molar-refractivity contribution < 1.29 is 19.0 Å². The van der Waals surface area contributed by atoms with E-state index in [9.17, 15) is 4.79 Å². The van der Waals surface area contributed by atoms with Crippen LogP contribution in [0.3, 0.4) is 0 Å². The third kappa shape index (κ3) is 5.26. The van der Waals surface area contributed by atoms with Crippen molar-refractivity contribution >= 4 is 11.9 Å². The van der Waals surface area contributed by atoms with Gasteiger partial charge in [-0.25, -0.2) is 0 Å². The Morgan fingerprint density at radius 1 is 1.32 bits per heavy atom. The van der Waals surface area contributed by atoms with Gasteiger partial charge in [0.2, 0.25) is 5.82 Å². The number of aromatic amines is 1. The number of carbonyl (C=O) groups excluding carboxylic acids is 1. The average Bonchev–Trinajstić information content (AvgIpc) is 3.37. The third-order valence-corrected chi connectivity index (χ3v) is 5.54. The van der Waals surface area contributed by atoms with E-state index in [1.165, 1.54) is 6.08 Å². The second-order valence-electron chi connectivity index (χ2n) is 8.75. The molecule has 0 radical (unpaired) electrons. The van der Waals surface area contributed by atoms with Gasteiger partial charge in [-0.05, 0) is 72.4 Å². The first kappa shape index (κ1) is 23.4. The third-order valence-electron chi connectivity index (χ3n) is 5.54. The Labute approximate surface area is 198 Å². The topological polar surface area (TPSA) is 125 Å². The van der Waals surface area contributed by atoms with Crippen molar-refractivity contribution in [3.63, 3.8) is 0 Å². The molecule has 1 aliphatic rings. The van der Waals surface area contributed by atoms with Crippen LogP contribution < -0.4 is 19.9 Å². The lowest BCUT2D eigenvalue weighted by Gasteiger charge is -2.33. The number of allylic oxidation sites excluding steroid dienone is 1. The highest BCUT2D eigenvalue weighted by molar-refractivity contribution is 6.09. The molecule has 178 valence electrons. The molecule has 0 bridgehead atoms. The van der Waals surface area contributed by atoms with Gasteiger partial charge in [0.25, 0.3) is 5.72 Å². The zero-order valence-electron chi connectivity index (χ0n) is 19.6. The fourth-order valence-corrected chi connectivity index (χ4v) is 3.64. The SMILES string of the molecule is Cc1cc(OCCCC(C)C)ccc1C=CC(=O)c1cccc2c1OC(N)(c1nn[nH]n1)CO2. The summed E-state index contributed by atoms with van der Waals surface area (Å²) in [7, 11) is 0. The minimum absolute atomic E-state index is 0.0158. The number of fused-ring (bicyclic) bond motifs is 1. The van der Waals surface area contributed by atoms with Gasteiger partial charge >= 0.3 is 0 Å². The van der Waals surface area contributed by atoms with E-state index in [0.29, 0.717) is 23.8 Å². The summed E-state index contributed by atoms with van der Waals surface area (Å²) in [5.41, 5.74) is 7.10. The molecule has 2 heterocycles. The number of aryl methyl sites for hydroxylation is 1. The molecule has 0 amide bonds. The van der Waals surface area contributed by atoms with Gasteiger partial charge in [0, 0.05) is 0 Å². The molecule has 1 aromatic heterocycles. The predicted octanol–water partition coefficient (Wildman–Crippen LogP) is 3.80. The normalized spacial score (nSPS) is 17.3. The number of benzene rings is 2. The van der Waals surface area contributed by atoms with Crippen LogP contribution in [0.15, 0.2) is 42.5 Å².